The molecule has 1 nitrogen and oxygen atoms in total. The quantitative estimate of drug-likeness (QED) is 0.553. The van der Waals surface area contributed by atoms with E-state index in [1.807, 2.05) is 5.41 Å². The monoisotopic (exact) mass is 198 g/mol. The van der Waals surface area contributed by atoms with Crippen LogP contribution in [-0.4, -0.2) is 16.5 Å². The first-order chi connectivity index (χ1) is 6.06. The third-order valence-electron chi connectivity index (χ3n) is 1.24. The maximum absolute atomic E-state index is 9.24. The largest absolute Gasteiger partial charge is 0.378 e. The molecular weight excluding hydrogens is 180 g/mol. The van der Waals surface area contributed by atoms with Crippen molar-refractivity contribution in [1.29, 1.82) is 0 Å². The fourth-order valence-electron chi connectivity index (χ4n) is 0.596. The summed E-state index contributed by atoms with van der Waals surface area (Å²) in [5.74, 6) is 6.67. The van der Waals surface area contributed by atoms with Crippen LogP contribution in [0.5, 0.6) is 0 Å². The third-order valence-corrected chi connectivity index (χ3v) is 2.09. The van der Waals surface area contributed by atoms with Gasteiger partial charge in [-0.15, -0.1) is 11.8 Å². The molecule has 0 saturated heterocycles. The summed E-state index contributed by atoms with van der Waals surface area (Å²) in [4.78, 5) is 0. The molecule has 2 heteroatoms. The first kappa shape index (κ1) is 12.6. The molecule has 1 N–H and O–H groups in total. The first-order valence-corrected chi connectivity index (χ1v) is 5.63. The zero-order chi connectivity index (χ0) is 10.2. The average Bonchev–Trinajstić information content (AvgIpc) is 2.01. The lowest BCUT2D eigenvalue weighted by molar-refractivity contribution is 0.143. The number of hydrogen-bond donors (Lipinski definition) is 1. The molecule has 0 aliphatic heterocycles. The molecule has 0 rings (SSSR count). The molecule has 0 aromatic rings. The maximum Gasteiger partial charge on any atom is 0.120 e. The second kappa shape index (κ2) is 7.06. The topological polar surface area (TPSA) is 20.2 Å². The predicted octanol–water partition coefficient (Wildman–Crippen LogP) is 2.81. The van der Waals surface area contributed by atoms with Crippen LogP contribution in [0.4, 0.5) is 0 Å². The van der Waals surface area contributed by atoms with Crippen LogP contribution >= 0.6 is 11.8 Å². The van der Waals surface area contributed by atoms with Gasteiger partial charge in [0.05, 0.1) is 0 Å². The fourth-order valence-corrected chi connectivity index (χ4v) is 1.35. The van der Waals surface area contributed by atoms with Crippen LogP contribution in [0.25, 0.3) is 0 Å². The van der Waals surface area contributed by atoms with E-state index < -0.39 is 5.60 Å². The molecule has 0 amide bonds. The molecular formula is C11H18OS. The van der Waals surface area contributed by atoms with E-state index in [2.05, 4.69) is 18.8 Å². The smallest absolute Gasteiger partial charge is 0.120 e. The van der Waals surface area contributed by atoms with Crippen molar-refractivity contribution in [1.82, 2.24) is 0 Å². The molecule has 0 bridgehead atoms. The van der Waals surface area contributed by atoms with Gasteiger partial charge in [0.2, 0.25) is 0 Å². The van der Waals surface area contributed by atoms with Gasteiger partial charge in [0.1, 0.15) is 5.60 Å². The van der Waals surface area contributed by atoms with E-state index in [0.717, 1.165) is 5.75 Å². The van der Waals surface area contributed by atoms with Crippen LogP contribution in [0.15, 0.2) is 11.5 Å². The highest BCUT2D eigenvalue weighted by Crippen LogP contribution is 2.05. The average molecular weight is 198 g/mol. The van der Waals surface area contributed by atoms with E-state index in [4.69, 9.17) is 0 Å². The fraction of sp³-hybridized carbons (Fsp3) is 0.636. The SMILES string of the molecule is CCCCS/C=C/C#CC(C)(C)O. The molecule has 74 valence electrons. The Morgan fingerprint density at radius 1 is 1.46 bits per heavy atom. The summed E-state index contributed by atoms with van der Waals surface area (Å²) in [6.45, 7) is 5.54. The second-order valence-corrected chi connectivity index (χ2v) is 4.37. The normalized spacial score (nSPS) is 11.4. The molecule has 0 atom stereocenters. The van der Waals surface area contributed by atoms with Crippen LogP contribution in [0.1, 0.15) is 33.6 Å². The molecule has 0 aliphatic rings. The third kappa shape index (κ3) is 11.6. The van der Waals surface area contributed by atoms with Crippen LogP contribution in [0.2, 0.25) is 0 Å². The number of rotatable bonds is 4. The van der Waals surface area contributed by atoms with Crippen molar-refractivity contribution in [3.05, 3.63) is 11.5 Å². The standard InChI is InChI=1S/C11H18OS/c1-4-5-9-13-10-7-6-8-11(2,3)12/h7,10,12H,4-5,9H2,1-3H3/b10-7+. The molecule has 0 aliphatic carbocycles. The summed E-state index contributed by atoms with van der Waals surface area (Å²) in [7, 11) is 0. The Morgan fingerprint density at radius 2 is 2.15 bits per heavy atom. The Morgan fingerprint density at radius 3 is 2.69 bits per heavy atom. The Balaban J connectivity index is 3.55. The van der Waals surface area contributed by atoms with E-state index in [-0.39, 0.29) is 0 Å². The van der Waals surface area contributed by atoms with Crippen molar-refractivity contribution >= 4 is 11.8 Å². The molecule has 0 heterocycles. The van der Waals surface area contributed by atoms with Gasteiger partial charge in [0, 0.05) is 0 Å². The first-order valence-electron chi connectivity index (χ1n) is 4.58. The van der Waals surface area contributed by atoms with Crippen LogP contribution in [0.3, 0.4) is 0 Å². The lowest BCUT2D eigenvalue weighted by Crippen LogP contribution is -2.14. The Bertz CT molecular complexity index is 202. The molecule has 0 aromatic carbocycles. The molecule has 13 heavy (non-hydrogen) atoms. The number of hydrogen-bond acceptors (Lipinski definition) is 2. The lowest BCUT2D eigenvalue weighted by Gasteiger charge is -2.04. The van der Waals surface area contributed by atoms with E-state index in [1.165, 1.54) is 12.8 Å². The summed E-state index contributed by atoms with van der Waals surface area (Å²) in [5.41, 5.74) is -0.877. The minimum Gasteiger partial charge on any atom is -0.378 e. The molecule has 0 spiro atoms. The minimum absolute atomic E-state index is 0.877. The summed E-state index contributed by atoms with van der Waals surface area (Å²) in [6.07, 6.45) is 4.27. The van der Waals surface area contributed by atoms with Crippen LogP contribution in [-0.2, 0) is 0 Å². The maximum atomic E-state index is 9.24. The highest BCUT2D eigenvalue weighted by atomic mass is 32.2. The number of allylic oxidation sites excluding steroid dienone is 1. The molecule has 0 saturated carbocycles. The van der Waals surface area contributed by atoms with E-state index in [0.29, 0.717) is 0 Å². The summed E-state index contributed by atoms with van der Waals surface area (Å²) < 4.78 is 0. The number of aliphatic hydroxyl groups is 1. The Hall–Kier alpha value is -0.390. The summed E-state index contributed by atoms with van der Waals surface area (Å²) in [6, 6.07) is 0. The van der Waals surface area contributed by atoms with Gasteiger partial charge >= 0.3 is 0 Å². The van der Waals surface area contributed by atoms with Crippen LogP contribution < -0.4 is 0 Å². The molecule has 0 unspecified atom stereocenters. The Labute approximate surface area is 85.6 Å². The molecule has 0 radical (unpaired) electrons. The van der Waals surface area contributed by atoms with Crippen LogP contribution in [0, 0.1) is 11.8 Å². The minimum atomic E-state index is -0.877. The molecule has 0 fully saturated rings. The van der Waals surface area contributed by atoms with Gasteiger partial charge in [-0.3, -0.25) is 0 Å². The number of thioether (sulfide) groups is 1. The molecule has 0 aromatic heterocycles. The summed E-state index contributed by atoms with van der Waals surface area (Å²) >= 11 is 1.76. The second-order valence-electron chi connectivity index (χ2n) is 3.36. The van der Waals surface area contributed by atoms with Gasteiger partial charge in [-0.2, -0.15) is 0 Å². The van der Waals surface area contributed by atoms with Crippen molar-refractivity contribution in [3.63, 3.8) is 0 Å². The highest BCUT2D eigenvalue weighted by molar-refractivity contribution is 8.02. The van der Waals surface area contributed by atoms with Gasteiger partial charge in [-0.25, -0.2) is 0 Å². The van der Waals surface area contributed by atoms with Crippen molar-refractivity contribution in [2.45, 2.75) is 39.2 Å². The lowest BCUT2D eigenvalue weighted by atomic mass is 10.1. The van der Waals surface area contributed by atoms with E-state index >= 15 is 0 Å². The van der Waals surface area contributed by atoms with Gasteiger partial charge < -0.3 is 5.11 Å². The predicted molar refractivity (Wildman–Crippen MR) is 60.6 cm³/mol. The van der Waals surface area contributed by atoms with Gasteiger partial charge in [-0.05, 0) is 37.5 Å². The van der Waals surface area contributed by atoms with Gasteiger partial charge in [0.25, 0.3) is 0 Å². The zero-order valence-electron chi connectivity index (χ0n) is 8.63. The van der Waals surface area contributed by atoms with Crippen molar-refractivity contribution in [2.75, 3.05) is 5.75 Å². The van der Waals surface area contributed by atoms with Crippen molar-refractivity contribution in [3.8, 4) is 11.8 Å². The number of unbranched alkanes of at least 4 members (excludes halogenated alkanes) is 1. The van der Waals surface area contributed by atoms with Gasteiger partial charge in [0.15, 0.2) is 0 Å². The highest BCUT2D eigenvalue weighted by Gasteiger charge is 2.04. The van der Waals surface area contributed by atoms with Gasteiger partial charge in [-0.1, -0.05) is 25.2 Å². The van der Waals surface area contributed by atoms with Crippen molar-refractivity contribution < 1.29 is 5.11 Å². The van der Waals surface area contributed by atoms with E-state index in [1.54, 1.807) is 31.7 Å². The van der Waals surface area contributed by atoms with Crippen molar-refractivity contribution in [2.24, 2.45) is 0 Å². The summed E-state index contributed by atoms with van der Waals surface area (Å²) in [5, 5.41) is 11.2. The Kier molecular flexibility index (Phi) is 6.84. The van der Waals surface area contributed by atoms with E-state index in [9.17, 15) is 5.11 Å². The zero-order valence-corrected chi connectivity index (χ0v) is 9.45.